The molecule has 6 heteroatoms. The second kappa shape index (κ2) is 8.74. The molecule has 5 N–H and O–H groups in total. The lowest BCUT2D eigenvalue weighted by atomic mass is 9.86. The highest BCUT2D eigenvalue weighted by Gasteiger charge is 2.22. The lowest BCUT2D eigenvalue weighted by Crippen LogP contribution is -2.36. The highest BCUT2D eigenvalue weighted by molar-refractivity contribution is 5.85. The summed E-state index contributed by atoms with van der Waals surface area (Å²) >= 11 is 0. The minimum atomic E-state index is -0.319. The van der Waals surface area contributed by atoms with Gasteiger partial charge in [-0.15, -0.1) is 0 Å². The van der Waals surface area contributed by atoms with Gasteiger partial charge in [-0.25, -0.2) is 0 Å². The van der Waals surface area contributed by atoms with Crippen LogP contribution >= 0.6 is 0 Å². The van der Waals surface area contributed by atoms with E-state index in [2.05, 4.69) is 15.8 Å². The smallest absolute Gasteiger partial charge is 0.233 e. The van der Waals surface area contributed by atoms with Crippen LogP contribution in [0.2, 0.25) is 0 Å². The summed E-state index contributed by atoms with van der Waals surface area (Å²) < 4.78 is 0. The molecule has 0 aliphatic heterocycles. The van der Waals surface area contributed by atoms with E-state index in [4.69, 9.17) is 10.9 Å². The molecule has 6 nitrogen and oxygen atoms in total. The molecule has 106 valence electrons. The molecule has 0 heterocycles. The van der Waals surface area contributed by atoms with E-state index < -0.39 is 0 Å². The van der Waals surface area contributed by atoms with Gasteiger partial charge in [0.15, 0.2) is 0 Å². The maximum Gasteiger partial charge on any atom is 0.233 e. The largest absolute Gasteiger partial charge is 0.409 e. The quantitative estimate of drug-likeness (QED) is 0.160. The van der Waals surface area contributed by atoms with E-state index in [0.717, 1.165) is 32.4 Å². The number of carbonyl (C=O) groups is 1. The molecule has 0 unspecified atom stereocenters. The summed E-state index contributed by atoms with van der Waals surface area (Å²) in [5.74, 6) is 0.260. The fourth-order valence-corrected chi connectivity index (χ4v) is 1.45. The first kappa shape index (κ1) is 16.7. The SMILES string of the molecule is CCCNC(=O)CNCCCC(C)(C)C(N)=NO. The molecule has 0 aliphatic carbocycles. The Labute approximate surface area is 109 Å². The number of nitrogens with zero attached hydrogens (tertiary/aromatic N) is 1. The summed E-state index contributed by atoms with van der Waals surface area (Å²) in [6.07, 6.45) is 2.61. The van der Waals surface area contributed by atoms with Crippen LogP contribution in [0.25, 0.3) is 0 Å². The molecule has 0 atom stereocenters. The third-order valence-electron chi connectivity index (χ3n) is 2.81. The zero-order chi connectivity index (χ0) is 14.0. The van der Waals surface area contributed by atoms with Crippen LogP contribution < -0.4 is 16.4 Å². The van der Waals surface area contributed by atoms with E-state index in [0.29, 0.717) is 6.54 Å². The van der Waals surface area contributed by atoms with Gasteiger partial charge in [-0.1, -0.05) is 25.9 Å². The summed E-state index contributed by atoms with van der Waals surface area (Å²) in [6.45, 7) is 7.66. The van der Waals surface area contributed by atoms with Gasteiger partial charge in [-0.05, 0) is 25.8 Å². The summed E-state index contributed by atoms with van der Waals surface area (Å²) in [4.78, 5) is 11.3. The van der Waals surface area contributed by atoms with Crippen molar-refractivity contribution < 1.29 is 10.0 Å². The van der Waals surface area contributed by atoms with E-state index >= 15 is 0 Å². The van der Waals surface area contributed by atoms with Crippen molar-refractivity contribution in [1.29, 1.82) is 0 Å². The van der Waals surface area contributed by atoms with Crippen molar-refractivity contribution in [3.8, 4) is 0 Å². The first-order valence-corrected chi connectivity index (χ1v) is 6.39. The predicted molar refractivity (Wildman–Crippen MR) is 72.6 cm³/mol. The van der Waals surface area contributed by atoms with Crippen molar-refractivity contribution >= 4 is 11.7 Å². The van der Waals surface area contributed by atoms with E-state index in [1.165, 1.54) is 0 Å². The van der Waals surface area contributed by atoms with Gasteiger partial charge in [-0.2, -0.15) is 0 Å². The molecule has 0 aliphatic rings. The highest BCUT2D eigenvalue weighted by Crippen LogP contribution is 2.21. The van der Waals surface area contributed by atoms with Gasteiger partial charge in [0, 0.05) is 12.0 Å². The van der Waals surface area contributed by atoms with Crippen LogP contribution in [0.4, 0.5) is 0 Å². The molecule has 0 spiro atoms. The fourth-order valence-electron chi connectivity index (χ4n) is 1.45. The first-order chi connectivity index (χ1) is 8.44. The van der Waals surface area contributed by atoms with Crippen molar-refractivity contribution in [2.45, 2.75) is 40.0 Å². The Kier molecular flexibility index (Phi) is 8.11. The minimum Gasteiger partial charge on any atom is -0.409 e. The van der Waals surface area contributed by atoms with Gasteiger partial charge in [0.1, 0.15) is 5.84 Å². The monoisotopic (exact) mass is 258 g/mol. The van der Waals surface area contributed by atoms with Crippen LogP contribution in [-0.2, 0) is 4.79 Å². The molecule has 0 radical (unpaired) electrons. The molecule has 0 saturated heterocycles. The molecule has 0 fully saturated rings. The Bertz CT molecular complexity index is 277. The Morgan fingerprint density at radius 2 is 2.06 bits per heavy atom. The molecule has 0 aromatic heterocycles. The van der Waals surface area contributed by atoms with Crippen molar-refractivity contribution in [3.63, 3.8) is 0 Å². The lowest BCUT2D eigenvalue weighted by Gasteiger charge is -2.22. The van der Waals surface area contributed by atoms with Gasteiger partial charge in [0.05, 0.1) is 6.54 Å². The first-order valence-electron chi connectivity index (χ1n) is 6.39. The lowest BCUT2D eigenvalue weighted by molar-refractivity contribution is -0.120. The Morgan fingerprint density at radius 1 is 1.39 bits per heavy atom. The average molecular weight is 258 g/mol. The van der Waals surface area contributed by atoms with Crippen molar-refractivity contribution in [2.24, 2.45) is 16.3 Å². The van der Waals surface area contributed by atoms with Crippen LogP contribution in [0.3, 0.4) is 0 Å². The molecule has 0 saturated carbocycles. The molecular weight excluding hydrogens is 232 g/mol. The normalized spacial score (nSPS) is 12.5. The highest BCUT2D eigenvalue weighted by atomic mass is 16.4. The summed E-state index contributed by atoms with van der Waals surface area (Å²) in [5, 5.41) is 17.5. The minimum absolute atomic E-state index is 0.0209. The number of hydrogen-bond donors (Lipinski definition) is 4. The number of oxime groups is 1. The van der Waals surface area contributed by atoms with Crippen LogP contribution in [0, 0.1) is 5.41 Å². The molecule has 1 amide bonds. The van der Waals surface area contributed by atoms with Gasteiger partial charge >= 0.3 is 0 Å². The number of rotatable bonds is 9. The van der Waals surface area contributed by atoms with Crippen LogP contribution in [0.15, 0.2) is 5.16 Å². The van der Waals surface area contributed by atoms with Gasteiger partial charge in [-0.3, -0.25) is 4.79 Å². The number of amides is 1. The second-order valence-electron chi connectivity index (χ2n) is 5.00. The van der Waals surface area contributed by atoms with Crippen molar-refractivity contribution in [3.05, 3.63) is 0 Å². The van der Waals surface area contributed by atoms with E-state index in [1.807, 2.05) is 20.8 Å². The summed E-state index contributed by atoms with van der Waals surface area (Å²) in [7, 11) is 0. The van der Waals surface area contributed by atoms with Crippen molar-refractivity contribution in [2.75, 3.05) is 19.6 Å². The Hall–Kier alpha value is -1.30. The van der Waals surface area contributed by atoms with E-state index in [-0.39, 0.29) is 17.2 Å². The molecule has 0 aromatic rings. The molecule has 0 aromatic carbocycles. The summed E-state index contributed by atoms with van der Waals surface area (Å²) in [6, 6.07) is 0. The maximum atomic E-state index is 11.3. The predicted octanol–water partition coefficient (Wildman–Crippen LogP) is 0.655. The van der Waals surface area contributed by atoms with Crippen molar-refractivity contribution in [1.82, 2.24) is 10.6 Å². The average Bonchev–Trinajstić information content (AvgIpc) is 2.34. The van der Waals surface area contributed by atoms with Gasteiger partial charge in [0.2, 0.25) is 5.91 Å². The van der Waals surface area contributed by atoms with Crippen LogP contribution in [0.1, 0.15) is 40.0 Å². The van der Waals surface area contributed by atoms with Crippen LogP contribution in [0.5, 0.6) is 0 Å². The third kappa shape index (κ3) is 7.11. The Morgan fingerprint density at radius 3 is 2.61 bits per heavy atom. The number of carbonyl (C=O) groups excluding carboxylic acids is 1. The number of nitrogens with two attached hydrogens (primary N) is 1. The topological polar surface area (TPSA) is 99.7 Å². The van der Waals surface area contributed by atoms with Gasteiger partial charge in [0.25, 0.3) is 0 Å². The molecule has 18 heavy (non-hydrogen) atoms. The standard InChI is InChI=1S/C12H26N4O2/c1-4-7-15-10(17)9-14-8-5-6-12(2,3)11(13)16-18/h14,18H,4-9H2,1-3H3,(H2,13,16)(H,15,17). The number of amidine groups is 1. The molecular formula is C12H26N4O2. The second-order valence-corrected chi connectivity index (χ2v) is 5.00. The van der Waals surface area contributed by atoms with E-state index in [1.54, 1.807) is 0 Å². The number of hydrogen-bond acceptors (Lipinski definition) is 4. The number of nitrogens with one attached hydrogen (secondary N) is 2. The third-order valence-corrected chi connectivity index (χ3v) is 2.81. The van der Waals surface area contributed by atoms with Gasteiger partial charge < -0.3 is 21.6 Å². The Balaban J connectivity index is 3.65. The molecule has 0 bridgehead atoms. The summed E-state index contributed by atoms with van der Waals surface area (Å²) in [5.41, 5.74) is 5.27. The zero-order valence-electron chi connectivity index (χ0n) is 11.6. The molecule has 0 rings (SSSR count). The zero-order valence-corrected chi connectivity index (χ0v) is 11.6. The maximum absolute atomic E-state index is 11.3. The van der Waals surface area contributed by atoms with E-state index in [9.17, 15) is 4.79 Å². The van der Waals surface area contributed by atoms with Crippen LogP contribution in [-0.4, -0.2) is 36.6 Å². The fraction of sp³-hybridized carbons (Fsp3) is 0.833.